The number of anilines is 1. The number of ether oxygens (including phenoxy) is 2. The molecule has 0 atom stereocenters. The van der Waals surface area contributed by atoms with E-state index in [2.05, 4.69) is 4.98 Å². The van der Waals surface area contributed by atoms with E-state index in [9.17, 15) is 4.79 Å². The minimum Gasteiger partial charge on any atom is -0.454 e. The van der Waals surface area contributed by atoms with Crippen molar-refractivity contribution in [3.8, 4) is 11.5 Å². The molecule has 0 spiro atoms. The van der Waals surface area contributed by atoms with Gasteiger partial charge in [0.15, 0.2) is 11.5 Å². The van der Waals surface area contributed by atoms with Crippen molar-refractivity contribution in [3.05, 3.63) is 47.2 Å². The van der Waals surface area contributed by atoms with Crippen molar-refractivity contribution in [2.24, 2.45) is 0 Å². The summed E-state index contributed by atoms with van der Waals surface area (Å²) in [7, 11) is 3.79. The van der Waals surface area contributed by atoms with E-state index in [1.165, 1.54) is 5.56 Å². The molecule has 1 aromatic heterocycles. The van der Waals surface area contributed by atoms with Gasteiger partial charge in [0.1, 0.15) is 5.82 Å². The lowest BCUT2D eigenvalue weighted by Gasteiger charge is -2.30. The first-order valence-corrected chi connectivity index (χ1v) is 7.96. The van der Waals surface area contributed by atoms with Gasteiger partial charge < -0.3 is 19.3 Å². The molecule has 0 bridgehead atoms. The molecule has 24 heavy (non-hydrogen) atoms. The third-order valence-electron chi connectivity index (χ3n) is 4.43. The fourth-order valence-electron chi connectivity index (χ4n) is 3.21. The van der Waals surface area contributed by atoms with E-state index in [0.717, 1.165) is 23.5 Å². The van der Waals surface area contributed by atoms with Crippen LogP contribution in [0.25, 0.3) is 0 Å². The van der Waals surface area contributed by atoms with Crippen LogP contribution in [0.1, 0.15) is 21.5 Å². The van der Waals surface area contributed by atoms with Crippen LogP contribution in [0.5, 0.6) is 11.5 Å². The number of hydrogen-bond donors (Lipinski definition) is 0. The van der Waals surface area contributed by atoms with Crippen LogP contribution in [-0.2, 0) is 13.0 Å². The van der Waals surface area contributed by atoms with E-state index < -0.39 is 0 Å². The second-order valence-corrected chi connectivity index (χ2v) is 6.22. The Bertz CT molecular complexity index is 804. The molecule has 4 rings (SSSR count). The highest BCUT2D eigenvalue weighted by molar-refractivity contribution is 5.99. The van der Waals surface area contributed by atoms with Crippen LogP contribution in [0.4, 0.5) is 5.82 Å². The summed E-state index contributed by atoms with van der Waals surface area (Å²) in [5, 5.41) is 0. The van der Waals surface area contributed by atoms with Gasteiger partial charge in [0, 0.05) is 33.4 Å². The van der Waals surface area contributed by atoms with Crippen LogP contribution in [0.15, 0.2) is 30.5 Å². The SMILES string of the molecule is CN(C)c1ncccc1C(=O)N1CCc2cc3c(cc2C1)OCO3. The van der Waals surface area contributed by atoms with Crippen molar-refractivity contribution in [2.75, 3.05) is 32.3 Å². The molecule has 0 fully saturated rings. The van der Waals surface area contributed by atoms with E-state index in [4.69, 9.17) is 9.47 Å². The number of rotatable bonds is 2. The molecule has 3 heterocycles. The van der Waals surface area contributed by atoms with Gasteiger partial charge in [0.2, 0.25) is 6.79 Å². The number of carbonyl (C=O) groups excluding carboxylic acids is 1. The molecule has 6 nitrogen and oxygen atoms in total. The van der Waals surface area contributed by atoms with E-state index in [-0.39, 0.29) is 12.7 Å². The largest absolute Gasteiger partial charge is 0.454 e. The molecule has 0 saturated heterocycles. The topological polar surface area (TPSA) is 54.9 Å². The minimum absolute atomic E-state index is 0.00937. The van der Waals surface area contributed by atoms with Crippen LogP contribution in [0.2, 0.25) is 0 Å². The number of aromatic nitrogens is 1. The van der Waals surface area contributed by atoms with Crippen LogP contribution in [-0.4, -0.2) is 43.2 Å². The highest BCUT2D eigenvalue weighted by Gasteiger charge is 2.27. The molecule has 2 aliphatic rings. The second-order valence-electron chi connectivity index (χ2n) is 6.22. The van der Waals surface area contributed by atoms with Crippen molar-refractivity contribution in [3.63, 3.8) is 0 Å². The summed E-state index contributed by atoms with van der Waals surface area (Å²) < 4.78 is 10.9. The molecule has 0 unspecified atom stereocenters. The first-order chi connectivity index (χ1) is 11.6. The predicted molar refractivity (Wildman–Crippen MR) is 89.6 cm³/mol. The lowest BCUT2D eigenvalue weighted by molar-refractivity contribution is 0.0735. The normalized spacial score (nSPS) is 15.2. The molecule has 2 aliphatic heterocycles. The number of amides is 1. The average molecular weight is 325 g/mol. The Kier molecular flexibility index (Phi) is 3.52. The molecule has 0 aliphatic carbocycles. The highest BCUT2D eigenvalue weighted by atomic mass is 16.7. The summed E-state index contributed by atoms with van der Waals surface area (Å²) in [5.41, 5.74) is 2.98. The standard InChI is InChI=1S/C18H19N3O3/c1-20(2)17-14(4-3-6-19-17)18(22)21-7-5-12-8-15-16(24-11-23-15)9-13(12)10-21/h3-4,6,8-9H,5,7,10-11H2,1-2H3. The summed E-state index contributed by atoms with van der Waals surface area (Å²) in [6.45, 7) is 1.53. The number of hydrogen-bond acceptors (Lipinski definition) is 5. The molecule has 0 N–H and O–H groups in total. The average Bonchev–Trinajstić information content (AvgIpc) is 3.05. The zero-order valence-electron chi connectivity index (χ0n) is 13.8. The number of benzene rings is 1. The lowest BCUT2D eigenvalue weighted by atomic mass is 9.98. The third-order valence-corrected chi connectivity index (χ3v) is 4.43. The van der Waals surface area contributed by atoms with Gasteiger partial charge >= 0.3 is 0 Å². The molecule has 1 aromatic carbocycles. The number of pyridine rings is 1. The third kappa shape index (κ3) is 2.44. The van der Waals surface area contributed by atoms with Gasteiger partial charge in [-0.2, -0.15) is 0 Å². The Balaban J connectivity index is 1.62. The molecule has 1 amide bonds. The first-order valence-electron chi connectivity index (χ1n) is 7.96. The van der Waals surface area contributed by atoms with E-state index >= 15 is 0 Å². The quantitative estimate of drug-likeness (QED) is 0.846. The first kappa shape index (κ1) is 14.8. The molecule has 0 radical (unpaired) electrons. The van der Waals surface area contributed by atoms with Gasteiger partial charge in [-0.3, -0.25) is 4.79 Å². The van der Waals surface area contributed by atoms with Crippen molar-refractivity contribution in [1.29, 1.82) is 0 Å². The Morgan fingerprint density at radius 2 is 1.96 bits per heavy atom. The second kappa shape index (κ2) is 5.70. The maximum atomic E-state index is 13.0. The maximum Gasteiger partial charge on any atom is 0.257 e. The monoisotopic (exact) mass is 325 g/mol. The van der Waals surface area contributed by atoms with Crippen LogP contribution in [0.3, 0.4) is 0 Å². The number of nitrogens with zero attached hydrogens (tertiary/aromatic N) is 3. The van der Waals surface area contributed by atoms with Crippen molar-refractivity contribution < 1.29 is 14.3 Å². The van der Waals surface area contributed by atoms with E-state index in [1.807, 2.05) is 42.1 Å². The predicted octanol–water partition coefficient (Wildman–Crippen LogP) is 2.07. The zero-order chi connectivity index (χ0) is 16.7. The molecule has 2 aromatic rings. The van der Waals surface area contributed by atoms with Crippen molar-refractivity contribution in [1.82, 2.24) is 9.88 Å². The Morgan fingerprint density at radius 1 is 1.21 bits per heavy atom. The molecule has 0 saturated carbocycles. The van der Waals surface area contributed by atoms with Crippen molar-refractivity contribution in [2.45, 2.75) is 13.0 Å². The number of fused-ring (bicyclic) bond motifs is 2. The van der Waals surface area contributed by atoms with Gasteiger partial charge in [-0.05, 0) is 41.8 Å². The van der Waals surface area contributed by atoms with Gasteiger partial charge in [-0.25, -0.2) is 4.98 Å². The molecular formula is C18H19N3O3. The van der Waals surface area contributed by atoms with Crippen LogP contribution >= 0.6 is 0 Å². The number of carbonyl (C=O) groups is 1. The summed E-state index contributed by atoms with van der Waals surface area (Å²) in [6.07, 6.45) is 2.52. The highest BCUT2D eigenvalue weighted by Crippen LogP contribution is 2.37. The Morgan fingerprint density at radius 3 is 2.71 bits per heavy atom. The maximum absolute atomic E-state index is 13.0. The van der Waals surface area contributed by atoms with Crippen LogP contribution < -0.4 is 14.4 Å². The molecule has 124 valence electrons. The summed E-state index contributed by atoms with van der Waals surface area (Å²) in [4.78, 5) is 21.0. The van der Waals surface area contributed by atoms with E-state index in [1.54, 1.807) is 12.3 Å². The van der Waals surface area contributed by atoms with Gasteiger partial charge in [0.05, 0.1) is 5.56 Å². The summed E-state index contributed by atoms with van der Waals surface area (Å²) >= 11 is 0. The fourth-order valence-corrected chi connectivity index (χ4v) is 3.21. The smallest absolute Gasteiger partial charge is 0.257 e. The summed E-state index contributed by atoms with van der Waals surface area (Å²) in [6, 6.07) is 7.66. The molecular weight excluding hydrogens is 306 g/mol. The van der Waals surface area contributed by atoms with Crippen LogP contribution in [0, 0.1) is 0 Å². The Labute approximate surface area is 140 Å². The van der Waals surface area contributed by atoms with Gasteiger partial charge in [-0.15, -0.1) is 0 Å². The zero-order valence-corrected chi connectivity index (χ0v) is 13.8. The molecule has 6 heteroatoms. The van der Waals surface area contributed by atoms with Gasteiger partial charge in [-0.1, -0.05) is 0 Å². The van der Waals surface area contributed by atoms with Crippen molar-refractivity contribution >= 4 is 11.7 Å². The Hall–Kier alpha value is -2.76. The fraction of sp³-hybridized carbons (Fsp3) is 0.333. The van der Waals surface area contributed by atoms with E-state index in [0.29, 0.717) is 24.5 Å². The van der Waals surface area contributed by atoms with Gasteiger partial charge in [0.25, 0.3) is 5.91 Å². The minimum atomic E-state index is 0.00937. The summed E-state index contributed by atoms with van der Waals surface area (Å²) in [5.74, 6) is 2.27. The lowest BCUT2D eigenvalue weighted by Crippen LogP contribution is -2.36.